The van der Waals surface area contributed by atoms with Crippen LogP contribution in [0.15, 0.2) is 24.8 Å². The Balaban J connectivity index is 1.69. The average Bonchev–Trinajstić information content (AvgIpc) is 2.57. The van der Waals surface area contributed by atoms with E-state index in [1.54, 1.807) is 6.07 Å². The minimum absolute atomic E-state index is 0.228. The number of fused-ring (bicyclic) bond motifs is 1. The molecule has 1 aromatic rings. The molecule has 2 N–H and O–H groups in total. The zero-order chi connectivity index (χ0) is 17.1. The molecule has 0 amide bonds. The summed E-state index contributed by atoms with van der Waals surface area (Å²) in [6, 6.07) is 3.52. The summed E-state index contributed by atoms with van der Waals surface area (Å²) in [4.78, 5) is 0. The highest BCUT2D eigenvalue weighted by Crippen LogP contribution is 2.38. The Morgan fingerprint density at radius 3 is 2.71 bits per heavy atom. The van der Waals surface area contributed by atoms with Crippen LogP contribution in [-0.4, -0.2) is 17.7 Å². The van der Waals surface area contributed by atoms with Gasteiger partial charge < -0.3 is 10.4 Å². The molecule has 0 spiro atoms. The number of allylic oxidation sites excluding steroid dienone is 1. The number of aromatic hydroxyl groups is 1. The van der Waals surface area contributed by atoms with Crippen molar-refractivity contribution in [1.29, 1.82) is 0 Å². The Hall–Kier alpha value is -1.35. The number of aryl methyl sites for hydroxylation is 1. The van der Waals surface area contributed by atoms with Crippen LogP contribution in [0.4, 0.5) is 4.39 Å². The Kier molecular flexibility index (Phi) is 5.60. The third-order valence-electron chi connectivity index (χ3n) is 6.04. The lowest BCUT2D eigenvalue weighted by molar-refractivity contribution is 0.262. The third-order valence-corrected chi connectivity index (χ3v) is 6.04. The first-order chi connectivity index (χ1) is 11.6. The summed E-state index contributed by atoms with van der Waals surface area (Å²) in [6.07, 6.45) is 10.1. The van der Waals surface area contributed by atoms with Gasteiger partial charge in [-0.05, 0) is 73.7 Å². The van der Waals surface area contributed by atoms with E-state index in [1.165, 1.54) is 31.7 Å². The highest BCUT2D eigenvalue weighted by molar-refractivity contribution is 5.41. The number of phenols is 1. The first-order valence-corrected chi connectivity index (χ1v) is 9.44. The van der Waals surface area contributed by atoms with Crippen molar-refractivity contribution >= 4 is 0 Å². The number of phenolic OH excluding ortho intramolecular Hbond substituents is 1. The molecule has 2 aliphatic carbocycles. The second kappa shape index (κ2) is 7.69. The van der Waals surface area contributed by atoms with Gasteiger partial charge in [0, 0.05) is 12.0 Å². The van der Waals surface area contributed by atoms with Crippen LogP contribution in [-0.2, 0) is 6.42 Å². The van der Waals surface area contributed by atoms with E-state index in [-0.39, 0.29) is 11.7 Å². The molecule has 1 aromatic carbocycles. The lowest BCUT2D eigenvalue weighted by Crippen LogP contribution is -2.41. The van der Waals surface area contributed by atoms with Crippen LogP contribution in [0.3, 0.4) is 0 Å². The maximum atomic E-state index is 13.9. The standard InChI is InChI=1S/C21H30FNO/c1-3-4-17-18-12-19(22)21(24)11-16(18)9-10-20(17)23-13-15-7-5-14(2)6-8-15/h3,11-12,14-15,17,20,23-24H,1,4-10,13H2,2H3. The maximum Gasteiger partial charge on any atom is 0.165 e. The van der Waals surface area contributed by atoms with Gasteiger partial charge in [0.1, 0.15) is 0 Å². The minimum Gasteiger partial charge on any atom is -0.505 e. The van der Waals surface area contributed by atoms with Crippen molar-refractivity contribution in [2.45, 2.75) is 63.8 Å². The molecule has 0 saturated heterocycles. The molecule has 3 heteroatoms. The van der Waals surface area contributed by atoms with Crippen molar-refractivity contribution < 1.29 is 9.50 Å². The summed E-state index contributed by atoms with van der Waals surface area (Å²) in [6.45, 7) is 7.31. The zero-order valence-corrected chi connectivity index (χ0v) is 14.7. The van der Waals surface area contributed by atoms with Gasteiger partial charge in [0.25, 0.3) is 0 Å². The topological polar surface area (TPSA) is 32.3 Å². The van der Waals surface area contributed by atoms with Crippen LogP contribution in [0, 0.1) is 17.7 Å². The van der Waals surface area contributed by atoms with E-state index in [2.05, 4.69) is 18.8 Å². The van der Waals surface area contributed by atoms with Crippen molar-refractivity contribution in [2.75, 3.05) is 6.54 Å². The zero-order valence-electron chi connectivity index (χ0n) is 14.7. The van der Waals surface area contributed by atoms with Crippen molar-refractivity contribution in [1.82, 2.24) is 5.32 Å². The third kappa shape index (κ3) is 3.83. The van der Waals surface area contributed by atoms with E-state index in [0.29, 0.717) is 6.04 Å². The molecule has 2 nitrogen and oxygen atoms in total. The van der Waals surface area contributed by atoms with Gasteiger partial charge in [-0.25, -0.2) is 4.39 Å². The molecule has 0 radical (unpaired) electrons. The number of halogens is 1. The average molecular weight is 331 g/mol. The Morgan fingerprint density at radius 2 is 2.00 bits per heavy atom. The first-order valence-electron chi connectivity index (χ1n) is 9.44. The van der Waals surface area contributed by atoms with Crippen molar-refractivity contribution in [2.24, 2.45) is 11.8 Å². The highest BCUT2D eigenvalue weighted by Gasteiger charge is 2.30. The van der Waals surface area contributed by atoms with E-state index >= 15 is 0 Å². The molecule has 0 bridgehead atoms. The van der Waals surface area contributed by atoms with E-state index < -0.39 is 5.82 Å². The molecule has 0 heterocycles. The number of hydrogen-bond acceptors (Lipinski definition) is 2. The van der Waals surface area contributed by atoms with Gasteiger partial charge in [0.05, 0.1) is 0 Å². The monoisotopic (exact) mass is 331 g/mol. The summed E-state index contributed by atoms with van der Waals surface area (Å²) in [5, 5.41) is 13.4. The Morgan fingerprint density at radius 1 is 1.25 bits per heavy atom. The Bertz CT molecular complexity index is 577. The molecule has 2 unspecified atom stereocenters. The SMILES string of the molecule is C=CCC1c2cc(F)c(O)cc2CCC1NCC1CCC(C)CC1. The van der Waals surface area contributed by atoms with Gasteiger partial charge in [-0.1, -0.05) is 25.8 Å². The minimum atomic E-state index is -0.510. The van der Waals surface area contributed by atoms with E-state index in [9.17, 15) is 9.50 Å². The fraction of sp³-hybridized carbons (Fsp3) is 0.619. The molecule has 1 saturated carbocycles. The summed E-state index contributed by atoms with van der Waals surface area (Å²) in [5.41, 5.74) is 2.14. The fourth-order valence-corrected chi connectivity index (χ4v) is 4.48. The molecule has 2 atom stereocenters. The lowest BCUT2D eigenvalue weighted by Gasteiger charge is -2.36. The summed E-state index contributed by atoms with van der Waals surface area (Å²) >= 11 is 0. The lowest BCUT2D eigenvalue weighted by atomic mass is 9.76. The summed E-state index contributed by atoms with van der Waals surface area (Å²) in [7, 11) is 0. The van der Waals surface area contributed by atoms with Crippen LogP contribution >= 0.6 is 0 Å². The van der Waals surface area contributed by atoms with Crippen molar-refractivity contribution in [3.05, 3.63) is 41.7 Å². The van der Waals surface area contributed by atoms with Crippen LogP contribution in [0.25, 0.3) is 0 Å². The van der Waals surface area contributed by atoms with E-state index in [0.717, 1.165) is 48.8 Å². The van der Waals surface area contributed by atoms with Gasteiger partial charge in [-0.15, -0.1) is 6.58 Å². The van der Waals surface area contributed by atoms with Crippen LogP contribution in [0.5, 0.6) is 5.75 Å². The smallest absolute Gasteiger partial charge is 0.165 e. The van der Waals surface area contributed by atoms with Crippen LogP contribution in [0.2, 0.25) is 0 Å². The number of benzene rings is 1. The first kappa shape index (κ1) is 17.5. The number of rotatable bonds is 5. The molecule has 132 valence electrons. The molecular formula is C21H30FNO. The van der Waals surface area contributed by atoms with Gasteiger partial charge in [0.2, 0.25) is 0 Å². The van der Waals surface area contributed by atoms with Crippen LogP contribution < -0.4 is 5.32 Å². The van der Waals surface area contributed by atoms with Crippen LogP contribution in [0.1, 0.15) is 62.5 Å². The molecule has 0 aromatic heterocycles. The van der Waals surface area contributed by atoms with E-state index in [1.807, 2.05) is 6.08 Å². The quantitative estimate of drug-likeness (QED) is 0.751. The molecule has 2 aliphatic rings. The second-order valence-electron chi connectivity index (χ2n) is 7.81. The second-order valence-corrected chi connectivity index (χ2v) is 7.81. The molecule has 0 aliphatic heterocycles. The highest BCUT2D eigenvalue weighted by atomic mass is 19.1. The van der Waals surface area contributed by atoms with Crippen molar-refractivity contribution in [3.63, 3.8) is 0 Å². The molecule has 1 fully saturated rings. The predicted octanol–water partition coefficient (Wildman–Crippen LogP) is 4.92. The molecule has 3 rings (SSSR count). The van der Waals surface area contributed by atoms with Gasteiger partial charge in [-0.3, -0.25) is 0 Å². The number of hydrogen-bond donors (Lipinski definition) is 2. The Labute approximate surface area is 145 Å². The van der Waals surface area contributed by atoms with Gasteiger partial charge >= 0.3 is 0 Å². The largest absolute Gasteiger partial charge is 0.505 e. The summed E-state index contributed by atoms with van der Waals surface area (Å²) in [5.74, 6) is 1.18. The maximum absolute atomic E-state index is 13.9. The fourth-order valence-electron chi connectivity index (χ4n) is 4.48. The normalized spacial score (nSPS) is 29.9. The molecule has 24 heavy (non-hydrogen) atoms. The summed E-state index contributed by atoms with van der Waals surface area (Å²) < 4.78 is 13.9. The van der Waals surface area contributed by atoms with Gasteiger partial charge in [-0.2, -0.15) is 0 Å². The number of nitrogens with one attached hydrogen (secondary N) is 1. The predicted molar refractivity (Wildman–Crippen MR) is 96.9 cm³/mol. The molecular weight excluding hydrogens is 301 g/mol. The van der Waals surface area contributed by atoms with E-state index in [4.69, 9.17) is 0 Å². The van der Waals surface area contributed by atoms with Gasteiger partial charge in [0.15, 0.2) is 11.6 Å². The van der Waals surface area contributed by atoms with Crippen molar-refractivity contribution in [3.8, 4) is 5.75 Å².